The molecule has 0 radical (unpaired) electrons. The van der Waals surface area contributed by atoms with Gasteiger partial charge in [-0.15, -0.1) is 12.6 Å². The van der Waals surface area contributed by atoms with Crippen LogP contribution in [-0.2, 0) is 0 Å². The van der Waals surface area contributed by atoms with E-state index in [1.54, 1.807) is 0 Å². The fourth-order valence-electron chi connectivity index (χ4n) is 4.57. The second-order valence-corrected chi connectivity index (χ2v) is 8.88. The Balaban J connectivity index is 1.85. The predicted octanol–water partition coefficient (Wildman–Crippen LogP) is 4.68. The highest BCUT2D eigenvalue weighted by atomic mass is 79.9. The van der Waals surface area contributed by atoms with Gasteiger partial charge >= 0.3 is 0 Å². The van der Waals surface area contributed by atoms with Crippen molar-refractivity contribution in [3.63, 3.8) is 0 Å². The van der Waals surface area contributed by atoms with Crippen molar-refractivity contribution in [2.24, 2.45) is 16.7 Å². The second kappa shape index (κ2) is 5.02. The van der Waals surface area contributed by atoms with Crippen molar-refractivity contribution in [1.29, 1.82) is 0 Å². The molecule has 2 bridgehead atoms. The van der Waals surface area contributed by atoms with Crippen LogP contribution in [0, 0.1) is 16.7 Å². The van der Waals surface area contributed by atoms with Gasteiger partial charge in [0, 0.05) is 15.4 Å². The van der Waals surface area contributed by atoms with E-state index < -0.39 is 0 Å². The largest absolute Gasteiger partial charge is 0.348 e. The van der Waals surface area contributed by atoms with Gasteiger partial charge in [-0.05, 0) is 54.2 Å². The Kier molecular flexibility index (Phi) is 3.69. The summed E-state index contributed by atoms with van der Waals surface area (Å²) in [6, 6.07) is 5.84. The fourth-order valence-corrected chi connectivity index (χ4v) is 5.42. The first kappa shape index (κ1) is 15.4. The maximum atomic E-state index is 12.7. The fraction of sp³-hybridized carbons (Fsp3) is 0.588. The highest BCUT2D eigenvalue weighted by molar-refractivity contribution is 9.10. The average Bonchev–Trinajstić information content (AvgIpc) is 2.85. The molecule has 0 spiro atoms. The lowest BCUT2D eigenvalue weighted by molar-refractivity contribution is 0.0735. The van der Waals surface area contributed by atoms with E-state index in [1.165, 1.54) is 19.3 Å². The summed E-state index contributed by atoms with van der Waals surface area (Å²) in [7, 11) is 0. The Morgan fingerprint density at radius 3 is 2.67 bits per heavy atom. The third-order valence-corrected chi connectivity index (χ3v) is 6.61. The summed E-state index contributed by atoms with van der Waals surface area (Å²) >= 11 is 7.84. The van der Waals surface area contributed by atoms with E-state index in [2.05, 4.69) is 54.6 Å². The lowest BCUT2D eigenvalue weighted by Crippen LogP contribution is -2.52. The average molecular weight is 368 g/mol. The molecular weight excluding hydrogens is 346 g/mol. The lowest BCUT2D eigenvalue weighted by atomic mass is 9.68. The zero-order valence-corrected chi connectivity index (χ0v) is 15.2. The Bertz CT molecular complexity index is 596. The summed E-state index contributed by atoms with van der Waals surface area (Å²) in [4.78, 5) is 13.4. The van der Waals surface area contributed by atoms with Gasteiger partial charge in [-0.3, -0.25) is 4.79 Å². The van der Waals surface area contributed by atoms with E-state index in [0.717, 1.165) is 10.4 Å². The van der Waals surface area contributed by atoms with E-state index in [0.29, 0.717) is 10.5 Å². The predicted molar refractivity (Wildman–Crippen MR) is 91.9 cm³/mol. The van der Waals surface area contributed by atoms with Gasteiger partial charge in [-0.25, -0.2) is 0 Å². The molecule has 2 nitrogen and oxygen atoms in total. The first-order chi connectivity index (χ1) is 9.74. The molecule has 3 rings (SSSR count). The minimum Gasteiger partial charge on any atom is -0.348 e. The van der Waals surface area contributed by atoms with Gasteiger partial charge in [-0.1, -0.05) is 36.7 Å². The van der Waals surface area contributed by atoms with Crippen LogP contribution in [-0.4, -0.2) is 11.9 Å². The van der Waals surface area contributed by atoms with Gasteiger partial charge in [0.25, 0.3) is 5.91 Å². The molecule has 0 aliphatic heterocycles. The van der Waals surface area contributed by atoms with E-state index >= 15 is 0 Å². The molecule has 3 unspecified atom stereocenters. The molecule has 0 aromatic heterocycles. The summed E-state index contributed by atoms with van der Waals surface area (Å²) < 4.78 is 0.941. The van der Waals surface area contributed by atoms with E-state index in [-0.39, 0.29) is 22.8 Å². The third kappa shape index (κ3) is 2.44. The number of thiol groups is 1. The maximum absolute atomic E-state index is 12.7. The zero-order chi connectivity index (χ0) is 15.4. The third-order valence-electron chi connectivity index (χ3n) is 5.75. The molecule has 2 aliphatic rings. The van der Waals surface area contributed by atoms with Crippen molar-refractivity contribution in [2.45, 2.75) is 51.0 Å². The molecule has 1 N–H and O–H groups in total. The SMILES string of the molecule is CC12CCC(C1)C(C)(C)C2NC(=O)c1ccc(Br)cc1S. The summed E-state index contributed by atoms with van der Waals surface area (Å²) in [5.74, 6) is 0.729. The standard InChI is InChI=1S/C17H22BrNOS/c1-16(2)10-6-7-17(3,9-10)15(16)19-14(20)12-5-4-11(18)8-13(12)21/h4-5,8,10,15,21H,6-7,9H2,1-3H3,(H,19,20). The molecule has 1 aromatic carbocycles. The van der Waals surface area contributed by atoms with E-state index in [1.807, 2.05) is 18.2 Å². The van der Waals surface area contributed by atoms with Gasteiger partial charge in [0.15, 0.2) is 0 Å². The van der Waals surface area contributed by atoms with Crippen molar-refractivity contribution in [1.82, 2.24) is 5.32 Å². The first-order valence-electron chi connectivity index (χ1n) is 7.53. The molecular formula is C17H22BrNOS. The Morgan fingerprint density at radius 2 is 2.10 bits per heavy atom. The normalized spacial score (nSPS) is 33.2. The molecule has 3 atom stereocenters. The molecule has 0 heterocycles. The van der Waals surface area contributed by atoms with Crippen molar-refractivity contribution < 1.29 is 4.79 Å². The smallest absolute Gasteiger partial charge is 0.252 e. The van der Waals surface area contributed by atoms with Gasteiger partial charge in [0.2, 0.25) is 0 Å². The number of carbonyl (C=O) groups excluding carboxylic acids is 1. The summed E-state index contributed by atoms with van der Waals surface area (Å²) in [6.07, 6.45) is 3.76. The van der Waals surface area contributed by atoms with Crippen molar-refractivity contribution >= 4 is 34.5 Å². The van der Waals surface area contributed by atoms with Crippen molar-refractivity contribution in [3.05, 3.63) is 28.2 Å². The molecule has 1 aromatic rings. The number of hydrogen-bond acceptors (Lipinski definition) is 2. The van der Waals surface area contributed by atoms with Crippen molar-refractivity contribution in [3.8, 4) is 0 Å². The second-order valence-electron chi connectivity index (χ2n) is 7.48. The minimum absolute atomic E-state index is 0.000602. The van der Waals surface area contributed by atoms with Crippen LogP contribution in [0.15, 0.2) is 27.6 Å². The van der Waals surface area contributed by atoms with E-state index in [9.17, 15) is 4.79 Å². The highest BCUT2D eigenvalue weighted by Crippen LogP contribution is 2.62. The molecule has 2 fully saturated rings. The molecule has 4 heteroatoms. The molecule has 1 amide bonds. The van der Waals surface area contributed by atoms with Crippen LogP contribution in [0.5, 0.6) is 0 Å². The van der Waals surface area contributed by atoms with Crippen molar-refractivity contribution in [2.75, 3.05) is 0 Å². The number of halogens is 1. The van der Waals surface area contributed by atoms with Crippen LogP contribution in [0.2, 0.25) is 0 Å². The number of hydrogen-bond donors (Lipinski definition) is 2. The van der Waals surface area contributed by atoms with Crippen LogP contribution in [0.4, 0.5) is 0 Å². The molecule has 2 aliphatic carbocycles. The summed E-state index contributed by atoms with van der Waals surface area (Å²) in [6.45, 7) is 6.93. The molecule has 114 valence electrons. The van der Waals surface area contributed by atoms with Gasteiger partial charge in [-0.2, -0.15) is 0 Å². The van der Waals surface area contributed by atoms with Crippen LogP contribution < -0.4 is 5.32 Å². The molecule has 21 heavy (non-hydrogen) atoms. The monoisotopic (exact) mass is 367 g/mol. The number of fused-ring (bicyclic) bond motifs is 2. The van der Waals surface area contributed by atoms with E-state index in [4.69, 9.17) is 0 Å². The molecule has 2 saturated carbocycles. The zero-order valence-electron chi connectivity index (χ0n) is 12.7. The Morgan fingerprint density at radius 1 is 1.38 bits per heavy atom. The number of nitrogens with one attached hydrogen (secondary N) is 1. The van der Waals surface area contributed by atoms with Crippen LogP contribution >= 0.6 is 28.6 Å². The number of carbonyl (C=O) groups is 1. The van der Waals surface area contributed by atoms with Gasteiger partial charge in [0.05, 0.1) is 5.56 Å². The topological polar surface area (TPSA) is 29.1 Å². The van der Waals surface area contributed by atoms with Gasteiger partial charge < -0.3 is 5.32 Å². The molecule has 0 saturated heterocycles. The number of benzene rings is 1. The summed E-state index contributed by atoms with van der Waals surface area (Å²) in [5, 5.41) is 3.31. The summed E-state index contributed by atoms with van der Waals surface area (Å²) in [5.41, 5.74) is 1.08. The highest BCUT2D eigenvalue weighted by Gasteiger charge is 2.59. The number of rotatable bonds is 2. The van der Waals surface area contributed by atoms with Crippen LogP contribution in [0.1, 0.15) is 50.4 Å². The van der Waals surface area contributed by atoms with Crippen LogP contribution in [0.25, 0.3) is 0 Å². The Hall–Kier alpha value is -0.480. The minimum atomic E-state index is -0.000602. The first-order valence-corrected chi connectivity index (χ1v) is 8.77. The number of amides is 1. The lowest BCUT2D eigenvalue weighted by Gasteiger charge is -2.43. The quantitative estimate of drug-likeness (QED) is 0.729. The Labute approximate surface area is 140 Å². The van der Waals surface area contributed by atoms with Crippen LogP contribution in [0.3, 0.4) is 0 Å². The van der Waals surface area contributed by atoms with Gasteiger partial charge in [0.1, 0.15) is 0 Å². The maximum Gasteiger partial charge on any atom is 0.252 e.